The average molecular weight is 323 g/mol. The number of nitrogens with zero attached hydrogens (tertiary/aromatic N) is 3. The maximum absolute atomic E-state index is 12.1. The van der Waals surface area contributed by atoms with Crippen LogP contribution < -0.4 is 10.6 Å². The molecule has 7 heteroatoms. The van der Waals surface area contributed by atoms with Gasteiger partial charge in [-0.25, -0.2) is 4.79 Å². The quantitative estimate of drug-likeness (QED) is 0.670. The van der Waals surface area contributed by atoms with Crippen molar-refractivity contribution in [2.75, 3.05) is 11.9 Å². The standard InChI is InChI=1S/C17H17N5O2/c23-12-16(13-4-2-1-3-5-13)21-17(24)20-14-6-8-15(9-7-14)22-18-10-11-19-22/h1-11,16,23H,12H2,(H2,20,21,24). The number of amides is 2. The summed E-state index contributed by atoms with van der Waals surface area (Å²) in [6.07, 6.45) is 3.19. The molecule has 122 valence electrons. The highest BCUT2D eigenvalue weighted by Crippen LogP contribution is 2.14. The highest BCUT2D eigenvalue weighted by molar-refractivity contribution is 5.89. The third-order valence-electron chi connectivity index (χ3n) is 3.46. The fraction of sp³-hybridized carbons (Fsp3) is 0.118. The van der Waals surface area contributed by atoms with E-state index in [1.165, 1.54) is 4.80 Å². The second kappa shape index (κ2) is 7.38. The van der Waals surface area contributed by atoms with E-state index in [-0.39, 0.29) is 12.6 Å². The Morgan fingerprint density at radius 3 is 2.33 bits per heavy atom. The molecule has 2 aromatic carbocycles. The van der Waals surface area contributed by atoms with E-state index in [1.807, 2.05) is 30.3 Å². The number of aromatic nitrogens is 3. The zero-order valence-electron chi connectivity index (χ0n) is 12.8. The smallest absolute Gasteiger partial charge is 0.319 e. The lowest BCUT2D eigenvalue weighted by molar-refractivity contribution is 0.225. The molecule has 1 atom stereocenters. The molecule has 0 aliphatic carbocycles. The summed E-state index contributed by atoms with van der Waals surface area (Å²) in [7, 11) is 0. The van der Waals surface area contributed by atoms with Gasteiger partial charge in [-0.15, -0.1) is 0 Å². The third kappa shape index (κ3) is 3.76. The summed E-state index contributed by atoms with van der Waals surface area (Å²) in [5, 5.41) is 23.0. The SMILES string of the molecule is O=C(Nc1ccc(-n2nccn2)cc1)NC(CO)c1ccccc1. The first-order valence-corrected chi connectivity index (χ1v) is 7.46. The van der Waals surface area contributed by atoms with Crippen molar-refractivity contribution in [3.8, 4) is 5.69 Å². The van der Waals surface area contributed by atoms with Gasteiger partial charge in [0.05, 0.1) is 30.7 Å². The number of benzene rings is 2. The van der Waals surface area contributed by atoms with Crippen LogP contribution in [-0.4, -0.2) is 32.7 Å². The van der Waals surface area contributed by atoms with Crippen LogP contribution in [0.4, 0.5) is 10.5 Å². The van der Waals surface area contributed by atoms with Gasteiger partial charge in [-0.2, -0.15) is 15.0 Å². The number of aliphatic hydroxyl groups excluding tert-OH is 1. The van der Waals surface area contributed by atoms with Crippen LogP contribution >= 0.6 is 0 Å². The number of rotatable bonds is 5. The molecule has 1 aromatic heterocycles. The highest BCUT2D eigenvalue weighted by atomic mass is 16.3. The first-order valence-electron chi connectivity index (χ1n) is 7.46. The van der Waals surface area contributed by atoms with Crippen molar-refractivity contribution >= 4 is 11.7 Å². The Kier molecular flexibility index (Phi) is 4.83. The highest BCUT2D eigenvalue weighted by Gasteiger charge is 2.13. The molecular formula is C17H17N5O2. The topological polar surface area (TPSA) is 92.1 Å². The van der Waals surface area contributed by atoms with Gasteiger partial charge in [0.1, 0.15) is 0 Å². The number of urea groups is 1. The summed E-state index contributed by atoms with van der Waals surface area (Å²) in [6.45, 7) is -0.179. The van der Waals surface area contributed by atoms with E-state index in [1.54, 1.807) is 36.7 Å². The second-order valence-corrected chi connectivity index (χ2v) is 5.11. The van der Waals surface area contributed by atoms with E-state index in [9.17, 15) is 9.90 Å². The van der Waals surface area contributed by atoms with E-state index in [0.29, 0.717) is 5.69 Å². The van der Waals surface area contributed by atoms with Crippen LogP contribution in [0.2, 0.25) is 0 Å². The average Bonchev–Trinajstić information content (AvgIpc) is 3.16. The monoisotopic (exact) mass is 323 g/mol. The van der Waals surface area contributed by atoms with Gasteiger partial charge >= 0.3 is 6.03 Å². The molecule has 1 unspecified atom stereocenters. The molecule has 0 saturated carbocycles. The summed E-state index contributed by atoms with van der Waals surface area (Å²) in [5.41, 5.74) is 2.27. The molecule has 3 N–H and O–H groups in total. The lowest BCUT2D eigenvalue weighted by Gasteiger charge is -2.17. The Bertz CT molecular complexity index is 773. The molecule has 3 rings (SSSR count). The number of carbonyl (C=O) groups excluding carboxylic acids is 1. The predicted molar refractivity (Wildman–Crippen MR) is 89.8 cm³/mol. The first kappa shape index (κ1) is 15.7. The number of anilines is 1. The summed E-state index contributed by atoms with van der Waals surface area (Å²) < 4.78 is 0. The molecule has 0 fully saturated rings. The fourth-order valence-electron chi connectivity index (χ4n) is 2.27. The maximum Gasteiger partial charge on any atom is 0.319 e. The van der Waals surface area contributed by atoms with Gasteiger partial charge in [-0.05, 0) is 29.8 Å². The molecule has 0 radical (unpaired) electrons. The van der Waals surface area contributed by atoms with Gasteiger partial charge in [-0.1, -0.05) is 30.3 Å². The maximum atomic E-state index is 12.1. The van der Waals surface area contributed by atoms with E-state index in [0.717, 1.165) is 11.3 Å². The molecule has 0 saturated heterocycles. The zero-order valence-corrected chi connectivity index (χ0v) is 12.8. The van der Waals surface area contributed by atoms with Crippen LogP contribution in [0.1, 0.15) is 11.6 Å². The molecule has 7 nitrogen and oxygen atoms in total. The number of carbonyl (C=O) groups is 1. The van der Waals surface area contributed by atoms with Crippen LogP contribution in [0.25, 0.3) is 5.69 Å². The molecular weight excluding hydrogens is 306 g/mol. The summed E-state index contributed by atoms with van der Waals surface area (Å²) in [6, 6.07) is 15.6. The molecule has 0 aliphatic heterocycles. The van der Waals surface area contributed by atoms with Gasteiger partial charge in [0, 0.05) is 5.69 Å². The lowest BCUT2D eigenvalue weighted by Crippen LogP contribution is -2.34. The molecule has 1 heterocycles. The van der Waals surface area contributed by atoms with Gasteiger partial charge in [-0.3, -0.25) is 0 Å². The number of hydrogen-bond donors (Lipinski definition) is 3. The van der Waals surface area contributed by atoms with Crippen molar-refractivity contribution in [3.05, 3.63) is 72.6 Å². The molecule has 0 bridgehead atoms. The molecule has 3 aromatic rings. The van der Waals surface area contributed by atoms with Crippen LogP contribution in [0.5, 0.6) is 0 Å². The number of aliphatic hydroxyl groups is 1. The third-order valence-corrected chi connectivity index (χ3v) is 3.46. The Labute approximate surface area is 138 Å². The molecule has 0 aliphatic rings. The Balaban J connectivity index is 1.62. The van der Waals surface area contributed by atoms with E-state index in [4.69, 9.17) is 0 Å². The molecule has 2 amide bonds. The first-order chi connectivity index (χ1) is 11.8. The Hall–Kier alpha value is -3.19. The molecule has 24 heavy (non-hydrogen) atoms. The minimum atomic E-state index is -0.459. The van der Waals surface area contributed by atoms with Gasteiger partial charge < -0.3 is 15.7 Å². The van der Waals surface area contributed by atoms with E-state index < -0.39 is 6.04 Å². The molecule has 0 spiro atoms. The van der Waals surface area contributed by atoms with Crippen LogP contribution in [0, 0.1) is 0 Å². The van der Waals surface area contributed by atoms with Crippen LogP contribution in [0.3, 0.4) is 0 Å². The summed E-state index contributed by atoms with van der Waals surface area (Å²) in [5.74, 6) is 0. The largest absolute Gasteiger partial charge is 0.394 e. The van der Waals surface area contributed by atoms with Gasteiger partial charge in [0.15, 0.2) is 0 Å². The van der Waals surface area contributed by atoms with Crippen molar-refractivity contribution < 1.29 is 9.90 Å². The zero-order chi connectivity index (χ0) is 16.8. The minimum absolute atomic E-state index is 0.179. The van der Waals surface area contributed by atoms with Crippen LogP contribution in [-0.2, 0) is 0 Å². The van der Waals surface area contributed by atoms with Crippen molar-refractivity contribution in [3.63, 3.8) is 0 Å². The Morgan fingerprint density at radius 2 is 1.71 bits per heavy atom. The van der Waals surface area contributed by atoms with E-state index >= 15 is 0 Å². The van der Waals surface area contributed by atoms with Crippen molar-refractivity contribution in [1.29, 1.82) is 0 Å². The summed E-state index contributed by atoms with van der Waals surface area (Å²) >= 11 is 0. The minimum Gasteiger partial charge on any atom is -0.394 e. The Morgan fingerprint density at radius 1 is 1.04 bits per heavy atom. The number of hydrogen-bond acceptors (Lipinski definition) is 4. The van der Waals surface area contributed by atoms with Gasteiger partial charge in [0.2, 0.25) is 0 Å². The van der Waals surface area contributed by atoms with Crippen LogP contribution in [0.15, 0.2) is 67.0 Å². The fourth-order valence-corrected chi connectivity index (χ4v) is 2.27. The predicted octanol–water partition coefficient (Wildman–Crippen LogP) is 2.12. The van der Waals surface area contributed by atoms with Gasteiger partial charge in [0.25, 0.3) is 0 Å². The lowest BCUT2D eigenvalue weighted by atomic mass is 10.1. The summed E-state index contributed by atoms with van der Waals surface area (Å²) in [4.78, 5) is 13.6. The van der Waals surface area contributed by atoms with E-state index in [2.05, 4.69) is 20.8 Å². The van der Waals surface area contributed by atoms with Crippen molar-refractivity contribution in [2.24, 2.45) is 0 Å². The van der Waals surface area contributed by atoms with Crippen molar-refractivity contribution in [2.45, 2.75) is 6.04 Å². The normalized spacial score (nSPS) is 11.7. The second-order valence-electron chi connectivity index (χ2n) is 5.11. The number of nitrogens with one attached hydrogen (secondary N) is 2. The van der Waals surface area contributed by atoms with Crippen molar-refractivity contribution in [1.82, 2.24) is 20.3 Å².